The molecule has 0 radical (unpaired) electrons. The van der Waals surface area contributed by atoms with Gasteiger partial charge in [-0.05, 0) is 24.1 Å². The fourth-order valence-electron chi connectivity index (χ4n) is 2.13. The number of carboxylic acid groups (broad SMARTS) is 1. The molecule has 1 aromatic carbocycles. The second kappa shape index (κ2) is 5.28. The van der Waals surface area contributed by atoms with Gasteiger partial charge in [-0.15, -0.1) is 0 Å². The van der Waals surface area contributed by atoms with Crippen LogP contribution in [0.4, 0.5) is 0 Å². The molecule has 1 fully saturated rings. The average Bonchev–Trinajstić information content (AvgIpc) is 3.26. The normalized spacial score (nSPS) is 20.4. The Morgan fingerprint density at radius 2 is 1.90 bits per heavy atom. The van der Waals surface area contributed by atoms with Crippen molar-refractivity contribution in [1.82, 2.24) is 9.97 Å². The van der Waals surface area contributed by atoms with Crippen molar-refractivity contribution in [2.75, 3.05) is 6.61 Å². The maximum absolute atomic E-state index is 10.7. The molecule has 5 nitrogen and oxygen atoms in total. The van der Waals surface area contributed by atoms with Crippen molar-refractivity contribution in [2.45, 2.75) is 6.42 Å². The molecule has 0 amide bonds. The summed E-state index contributed by atoms with van der Waals surface area (Å²) in [6, 6.07) is 7.63. The molecule has 0 aliphatic heterocycles. The number of aliphatic carboxylic acids is 1. The standard InChI is InChI=1S/C15H14N2O3/c18-15(19)14-5-11(14)8-20-13-3-1-10(2-4-13)12-6-16-9-17-7-12/h1-4,6-7,9,11,14H,5,8H2,(H,18,19)/t11-,14+/m0/s1. The molecule has 0 saturated heterocycles. The number of rotatable bonds is 5. The molecule has 5 heteroatoms. The van der Waals surface area contributed by atoms with E-state index in [1.165, 1.54) is 6.33 Å². The van der Waals surface area contributed by atoms with Crippen LogP contribution < -0.4 is 4.74 Å². The number of ether oxygens (including phenoxy) is 1. The number of benzene rings is 1. The van der Waals surface area contributed by atoms with E-state index in [2.05, 4.69) is 9.97 Å². The van der Waals surface area contributed by atoms with E-state index in [9.17, 15) is 4.79 Å². The zero-order chi connectivity index (χ0) is 13.9. The Balaban J connectivity index is 1.59. The number of nitrogens with zero attached hydrogens (tertiary/aromatic N) is 2. The molecule has 1 saturated carbocycles. The SMILES string of the molecule is O=C(O)[C@@H]1C[C@H]1COc1ccc(-c2cncnc2)cc1. The van der Waals surface area contributed by atoms with E-state index in [1.807, 2.05) is 24.3 Å². The monoisotopic (exact) mass is 270 g/mol. The van der Waals surface area contributed by atoms with Crippen LogP contribution in [0.1, 0.15) is 6.42 Å². The van der Waals surface area contributed by atoms with Gasteiger partial charge in [0.25, 0.3) is 0 Å². The molecule has 1 aliphatic carbocycles. The second-order valence-electron chi connectivity index (χ2n) is 4.90. The summed E-state index contributed by atoms with van der Waals surface area (Å²) in [5.74, 6) is -0.0508. The third-order valence-corrected chi connectivity index (χ3v) is 3.45. The zero-order valence-corrected chi connectivity index (χ0v) is 10.8. The van der Waals surface area contributed by atoms with Crippen molar-refractivity contribution >= 4 is 5.97 Å². The van der Waals surface area contributed by atoms with Crippen molar-refractivity contribution in [2.24, 2.45) is 11.8 Å². The topological polar surface area (TPSA) is 72.3 Å². The van der Waals surface area contributed by atoms with Crippen LogP contribution in [0, 0.1) is 11.8 Å². The lowest BCUT2D eigenvalue weighted by molar-refractivity contribution is -0.138. The number of hydrogen-bond donors (Lipinski definition) is 1. The Morgan fingerprint density at radius 1 is 1.20 bits per heavy atom. The highest BCUT2D eigenvalue weighted by molar-refractivity contribution is 5.73. The van der Waals surface area contributed by atoms with Crippen LogP contribution in [-0.4, -0.2) is 27.7 Å². The molecule has 1 N–H and O–H groups in total. The quantitative estimate of drug-likeness (QED) is 0.902. The van der Waals surface area contributed by atoms with Crippen molar-refractivity contribution in [3.63, 3.8) is 0 Å². The van der Waals surface area contributed by atoms with Crippen molar-refractivity contribution in [3.05, 3.63) is 43.0 Å². The summed E-state index contributed by atoms with van der Waals surface area (Å²) < 4.78 is 5.61. The van der Waals surface area contributed by atoms with Gasteiger partial charge in [0.2, 0.25) is 0 Å². The van der Waals surface area contributed by atoms with Gasteiger partial charge < -0.3 is 9.84 Å². The minimum Gasteiger partial charge on any atom is -0.493 e. The fraction of sp³-hybridized carbons (Fsp3) is 0.267. The molecule has 2 aromatic rings. The fourth-order valence-corrected chi connectivity index (χ4v) is 2.13. The average molecular weight is 270 g/mol. The van der Waals surface area contributed by atoms with Crippen LogP contribution in [0.2, 0.25) is 0 Å². The lowest BCUT2D eigenvalue weighted by Crippen LogP contribution is -2.06. The molecule has 20 heavy (non-hydrogen) atoms. The molecule has 0 unspecified atom stereocenters. The van der Waals surface area contributed by atoms with Gasteiger partial charge in [-0.2, -0.15) is 0 Å². The largest absolute Gasteiger partial charge is 0.493 e. The molecule has 1 aromatic heterocycles. The first kappa shape index (κ1) is 12.6. The van der Waals surface area contributed by atoms with Crippen LogP contribution in [0.3, 0.4) is 0 Å². The first-order valence-corrected chi connectivity index (χ1v) is 6.45. The van der Waals surface area contributed by atoms with Crippen LogP contribution in [0.25, 0.3) is 11.1 Å². The third-order valence-electron chi connectivity index (χ3n) is 3.45. The summed E-state index contributed by atoms with van der Waals surface area (Å²) in [4.78, 5) is 18.7. The van der Waals surface area contributed by atoms with Crippen molar-refractivity contribution in [1.29, 1.82) is 0 Å². The summed E-state index contributed by atoms with van der Waals surface area (Å²) in [5.41, 5.74) is 1.97. The Labute approximate surface area is 116 Å². The van der Waals surface area contributed by atoms with E-state index >= 15 is 0 Å². The molecule has 0 bridgehead atoms. The molecule has 0 spiro atoms. The lowest BCUT2D eigenvalue weighted by atomic mass is 10.1. The van der Waals surface area contributed by atoms with Crippen LogP contribution in [0.15, 0.2) is 43.0 Å². The Hall–Kier alpha value is -2.43. The van der Waals surface area contributed by atoms with Crippen LogP contribution >= 0.6 is 0 Å². The molecule has 2 atom stereocenters. The summed E-state index contributed by atoms with van der Waals surface area (Å²) in [6.45, 7) is 0.463. The second-order valence-corrected chi connectivity index (χ2v) is 4.90. The molecule has 3 rings (SSSR count). The van der Waals surface area contributed by atoms with Crippen molar-refractivity contribution < 1.29 is 14.6 Å². The van der Waals surface area contributed by atoms with Crippen LogP contribution in [0.5, 0.6) is 5.75 Å². The van der Waals surface area contributed by atoms with Gasteiger partial charge in [-0.3, -0.25) is 4.79 Å². The van der Waals surface area contributed by atoms with Gasteiger partial charge in [-0.1, -0.05) is 12.1 Å². The number of carbonyl (C=O) groups is 1. The zero-order valence-electron chi connectivity index (χ0n) is 10.8. The van der Waals surface area contributed by atoms with E-state index in [0.717, 1.165) is 23.3 Å². The van der Waals surface area contributed by atoms with Gasteiger partial charge in [0.05, 0.1) is 12.5 Å². The predicted molar refractivity (Wildman–Crippen MR) is 72.2 cm³/mol. The van der Waals surface area contributed by atoms with E-state index in [4.69, 9.17) is 9.84 Å². The summed E-state index contributed by atoms with van der Waals surface area (Å²) >= 11 is 0. The van der Waals surface area contributed by atoms with Gasteiger partial charge in [0.1, 0.15) is 12.1 Å². The molecule has 102 valence electrons. The molecule has 1 aliphatic rings. The van der Waals surface area contributed by atoms with Gasteiger partial charge in [0.15, 0.2) is 0 Å². The number of carboxylic acids is 1. The maximum atomic E-state index is 10.7. The summed E-state index contributed by atoms with van der Waals surface area (Å²) in [7, 11) is 0. The first-order chi connectivity index (χ1) is 9.74. The highest BCUT2D eigenvalue weighted by Gasteiger charge is 2.43. The van der Waals surface area contributed by atoms with Gasteiger partial charge in [-0.25, -0.2) is 9.97 Å². The van der Waals surface area contributed by atoms with Crippen LogP contribution in [-0.2, 0) is 4.79 Å². The molecule has 1 heterocycles. The third kappa shape index (κ3) is 2.77. The van der Waals surface area contributed by atoms with Gasteiger partial charge >= 0.3 is 5.97 Å². The highest BCUT2D eigenvalue weighted by Crippen LogP contribution is 2.38. The minimum absolute atomic E-state index is 0.148. The summed E-state index contributed by atoms with van der Waals surface area (Å²) in [5, 5.41) is 8.82. The summed E-state index contributed by atoms with van der Waals surface area (Å²) in [6.07, 6.45) is 5.72. The van der Waals surface area contributed by atoms with E-state index in [1.54, 1.807) is 12.4 Å². The molecular weight excluding hydrogens is 256 g/mol. The Bertz CT molecular complexity index is 598. The van der Waals surface area contributed by atoms with E-state index in [0.29, 0.717) is 6.61 Å². The molecular formula is C15H14N2O3. The lowest BCUT2D eigenvalue weighted by Gasteiger charge is -2.06. The van der Waals surface area contributed by atoms with E-state index in [-0.39, 0.29) is 11.8 Å². The Kier molecular flexibility index (Phi) is 3.33. The van der Waals surface area contributed by atoms with Crippen molar-refractivity contribution in [3.8, 4) is 16.9 Å². The maximum Gasteiger partial charge on any atom is 0.306 e. The predicted octanol–water partition coefficient (Wildman–Crippen LogP) is 2.24. The highest BCUT2D eigenvalue weighted by atomic mass is 16.5. The number of hydrogen-bond acceptors (Lipinski definition) is 4. The van der Waals surface area contributed by atoms with Gasteiger partial charge in [0, 0.05) is 23.9 Å². The smallest absolute Gasteiger partial charge is 0.306 e. The van der Waals surface area contributed by atoms with E-state index < -0.39 is 5.97 Å². The minimum atomic E-state index is -0.724. The Morgan fingerprint density at radius 3 is 2.50 bits per heavy atom. The first-order valence-electron chi connectivity index (χ1n) is 6.45. The number of aromatic nitrogens is 2.